The normalized spacial score (nSPS) is 16.8. The number of hydrogen-bond acceptors (Lipinski definition) is 7. The van der Waals surface area contributed by atoms with Gasteiger partial charge in [0.15, 0.2) is 5.82 Å². The fraction of sp³-hybridized carbons (Fsp3) is 0.333. The van der Waals surface area contributed by atoms with Gasteiger partial charge in [0.1, 0.15) is 5.75 Å². The molecule has 1 saturated carbocycles. The average molecular weight is 619 g/mol. The quantitative estimate of drug-likeness (QED) is 0.281. The maximum atomic E-state index is 13.6. The number of aromatic nitrogens is 2. The number of nitrogens with two attached hydrogens (primary N) is 1. The summed E-state index contributed by atoms with van der Waals surface area (Å²) >= 11 is 0. The van der Waals surface area contributed by atoms with Gasteiger partial charge in [0.25, 0.3) is 17.4 Å². The van der Waals surface area contributed by atoms with E-state index in [-0.39, 0.29) is 35.0 Å². The van der Waals surface area contributed by atoms with Gasteiger partial charge < -0.3 is 30.5 Å². The van der Waals surface area contributed by atoms with Crippen LogP contribution < -0.4 is 21.5 Å². The van der Waals surface area contributed by atoms with E-state index in [4.69, 9.17) is 5.73 Å². The number of hydrogen-bond donors (Lipinski definition) is 3. The number of likely N-dealkylation sites (tertiary alicyclic amines) is 1. The molecule has 3 aromatic carbocycles. The summed E-state index contributed by atoms with van der Waals surface area (Å²) in [4.78, 5) is 47.8. The van der Waals surface area contributed by atoms with Crippen molar-refractivity contribution in [3.63, 3.8) is 0 Å². The molecule has 1 aliphatic carbocycles. The number of piperidine rings is 1. The first-order chi connectivity index (χ1) is 22.2. The van der Waals surface area contributed by atoms with Gasteiger partial charge in [-0.2, -0.15) is 0 Å². The van der Waals surface area contributed by atoms with E-state index in [0.717, 1.165) is 24.0 Å². The molecule has 2 fully saturated rings. The van der Waals surface area contributed by atoms with Gasteiger partial charge in [0, 0.05) is 61.3 Å². The Morgan fingerprint density at radius 3 is 2.43 bits per heavy atom. The molecule has 10 nitrogen and oxygen atoms in total. The van der Waals surface area contributed by atoms with E-state index in [1.54, 1.807) is 48.5 Å². The third-order valence-electron chi connectivity index (χ3n) is 9.46. The van der Waals surface area contributed by atoms with Crippen molar-refractivity contribution in [2.75, 3.05) is 29.9 Å². The number of fused-ring (bicyclic) bond motifs is 1. The topological polar surface area (TPSA) is 134 Å². The number of benzene rings is 3. The summed E-state index contributed by atoms with van der Waals surface area (Å²) in [6, 6.07) is 16.8. The van der Waals surface area contributed by atoms with Gasteiger partial charge in [0.05, 0.1) is 11.4 Å². The van der Waals surface area contributed by atoms with Gasteiger partial charge in [0.2, 0.25) is 0 Å². The van der Waals surface area contributed by atoms with Crippen LogP contribution in [0, 0.1) is 6.92 Å². The molecule has 236 valence electrons. The molecule has 4 aromatic rings. The number of aryl methyl sites for hydroxylation is 2. The van der Waals surface area contributed by atoms with Gasteiger partial charge in [-0.1, -0.05) is 18.2 Å². The minimum atomic E-state index is -0.352. The molecule has 0 unspecified atom stereocenters. The zero-order valence-corrected chi connectivity index (χ0v) is 26.1. The van der Waals surface area contributed by atoms with Crippen molar-refractivity contribution in [2.24, 2.45) is 12.8 Å². The minimum absolute atomic E-state index is 0.0426. The molecule has 2 amide bonds. The van der Waals surface area contributed by atoms with Crippen LogP contribution in [0.1, 0.15) is 69.0 Å². The molecule has 4 N–H and O–H groups in total. The number of nitrogens with one attached hydrogen (secondary N) is 1. The Morgan fingerprint density at radius 1 is 0.978 bits per heavy atom. The van der Waals surface area contributed by atoms with Gasteiger partial charge in [-0.15, -0.1) is 0 Å². The fourth-order valence-electron chi connectivity index (χ4n) is 6.56. The second-order valence-corrected chi connectivity index (χ2v) is 12.7. The number of phenols is 1. The third kappa shape index (κ3) is 5.53. The molecule has 1 aromatic heterocycles. The second kappa shape index (κ2) is 11.8. The lowest BCUT2D eigenvalue weighted by molar-refractivity contribution is 0.0714. The summed E-state index contributed by atoms with van der Waals surface area (Å²) < 4.78 is 1.41. The number of phenolic OH excluding ortho intramolecular Hbond substituents is 1. The first-order valence-corrected chi connectivity index (χ1v) is 15.9. The van der Waals surface area contributed by atoms with E-state index in [9.17, 15) is 19.5 Å². The maximum Gasteiger partial charge on any atom is 0.293 e. The predicted molar refractivity (Wildman–Crippen MR) is 178 cm³/mol. The summed E-state index contributed by atoms with van der Waals surface area (Å²) in [5.74, 6) is 0.436. The van der Waals surface area contributed by atoms with Crippen LogP contribution in [-0.4, -0.2) is 57.0 Å². The summed E-state index contributed by atoms with van der Waals surface area (Å²) in [5, 5.41) is 14.7. The Labute approximate surface area is 267 Å². The van der Waals surface area contributed by atoms with Crippen LogP contribution in [0.15, 0.2) is 65.6 Å². The Hall–Kier alpha value is -4.96. The van der Waals surface area contributed by atoms with Crippen LogP contribution in [0.3, 0.4) is 0 Å². The largest absolute Gasteiger partial charge is 0.505 e. The van der Waals surface area contributed by atoms with Crippen LogP contribution in [-0.2, 0) is 13.5 Å². The first kappa shape index (κ1) is 29.7. The highest BCUT2D eigenvalue weighted by molar-refractivity contribution is 6.09. The van der Waals surface area contributed by atoms with Crippen molar-refractivity contribution in [3.05, 3.63) is 99.0 Å². The lowest BCUT2D eigenvalue weighted by Crippen LogP contribution is -2.42. The van der Waals surface area contributed by atoms with E-state index in [0.29, 0.717) is 65.7 Å². The van der Waals surface area contributed by atoms with Crippen molar-refractivity contribution in [2.45, 2.75) is 51.0 Å². The van der Waals surface area contributed by atoms with Gasteiger partial charge >= 0.3 is 0 Å². The van der Waals surface area contributed by atoms with Gasteiger partial charge in [-0.05, 0) is 98.0 Å². The Bertz CT molecular complexity index is 1910. The fourth-order valence-corrected chi connectivity index (χ4v) is 6.56. The van der Waals surface area contributed by atoms with E-state index in [1.165, 1.54) is 23.0 Å². The average Bonchev–Trinajstić information content (AvgIpc) is 3.90. The van der Waals surface area contributed by atoms with Gasteiger partial charge in [-0.3, -0.25) is 14.4 Å². The highest BCUT2D eigenvalue weighted by atomic mass is 16.3. The van der Waals surface area contributed by atoms with Crippen LogP contribution in [0.2, 0.25) is 0 Å². The molecule has 1 saturated heterocycles. The molecule has 3 heterocycles. The number of anilines is 3. The number of aromatic hydroxyl groups is 1. The number of rotatable bonds is 6. The van der Waals surface area contributed by atoms with E-state index in [1.807, 2.05) is 24.0 Å². The lowest BCUT2D eigenvalue weighted by Gasteiger charge is -2.30. The Kier molecular flexibility index (Phi) is 7.60. The SMILES string of the molecule is Cc1ccc(N2CCc3cc(C4CC4)ccc3C2=O)c(O)c1-c1cn(C)c(=O)c(Nc2ccc(C(=O)N3CCC(N)CC3)cc2)n1. The first-order valence-electron chi connectivity index (χ1n) is 15.9. The second-order valence-electron chi connectivity index (χ2n) is 12.7. The molecule has 2 aliphatic heterocycles. The van der Waals surface area contributed by atoms with E-state index >= 15 is 0 Å². The highest BCUT2D eigenvalue weighted by Gasteiger charge is 2.31. The molecule has 10 heteroatoms. The van der Waals surface area contributed by atoms with Crippen molar-refractivity contribution < 1.29 is 14.7 Å². The standard InChI is InChI=1S/C36H38N6O4/c1-21-3-12-30(42-18-13-25-19-24(22-4-5-22)8-11-28(25)35(42)45)32(43)31(21)29-20-40(2)36(46)33(39-29)38-27-9-6-23(7-10-27)34(44)41-16-14-26(37)15-17-41/h3,6-12,19-20,22,26,43H,4-5,13-18,37H2,1-2H3,(H,38,39). The van der Waals surface area contributed by atoms with Crippen LogP contribution in [0.5, 0.6) is 5.75 Å². The number of nitrogens with zero attached hydrogens (tertiary/aromatic N) is 4. The summed E-state index contributed by atoms with van der Waals surface area (Å²) in [6.45, 7) is 3.59. The number of amides is 2. The third-order valence-corrected chi connectivity index (χ3v) is 9.46. The van der Waals surface area contributed by atoms with Crippen molar-refractivity contribution in [1.82, 2.24) is 14.5 Å². The van der Waals surface area contributed by atoms with Gasteiger partial charge in [-0.25, -0.2) is 4.98 Å². The molecule has 0 bridgehead atoms. The summed E-state index contributed by atoms with van der Waals surface area (Å²) in [5.41, 5.74) is 11.8. The zero-order valence-electron chi connectivity index (χ0n) is 26.1. The molecule has 0 atom stereocenters. The minimum Gasteiger partial charge on any atom is -0.505 e. The molecule has 7 rings (SSSR count). The number of carbonyl (C=O) groups is 2. The Morgan fingerprint density at radius 2 is 1.72 bits per heavy atom. The van der Waals surface area contributed by atoms with E-state index in [2.05, 4.69) is 22.4 Å². The molecular weight excluding hydrogens is 580 g/mol. The lowest BCUT2D eigenvalue weighted by atomic mass is 9.94. The Balaban J connectivity index is 1.15. The maximum absolute atomic E-state index is 13.6. The smallest absolute Gasteiger partial charge is 0.293 e. The van der Waals surface area contributed by atoms with Crippen LogP contribution >= 0.6 is 0 Å². The molecule has 3 aliphatic rings. The monoisotopic (exact) mass is 618 g/mol. The number of carbonyl (C=O) groups excluding carboxylic acids is 2. The summed E-state index contributed by atoms with van der Waals surface area (Å²) in [7, 11) is 1.63. The van der Waals surface area contributed by atoms with Crippen molar-refractivity contribution >= 4 is 29.0 Å². The molecule has 46 heavy (non-hydrogen) atoms. The van der Waals surface area contributed by atoms with Crippen LogP contribution in [0.25, 0.3) is 11.3 Å². The predicted octanol–water partition coefficient (Wildman–Crippen LogP) is 4.85. The van der Waals surface area contributed by atoms with E-state index < -0.39 is 0 Å². The molecule has 0 radical (unpaired) electrons. The summed E-state index contributed by atoms with van der Waals surface area (Å²) in [6.07, 6.45) is 6.27. The van der Waals surface area contributed by atoms with Crippen molar-refractivity contribution in [1.29, 1.82) is 0 Å². The highest BCUT2D eigenvalue weighted by Crippen LogP contribution is 2.43. The van der Waals surface area contributed by atoms with Crippen LogP contribution in [0.4, 0.5) is 17.2 Å². The molecule has 0 spiro atoms. The van der Waals surface area contributed by atoms with Crippen molar-refractivity contribution in [3.8, 4) is 17.0 Å². The zero-order chi connectivity index (χ0) is 32.1. The molecular formula is C36H38N6O4.